The topological polar surface area (TPSA) is 51.7 Å². The number of hydrogen-bond donors (Lipinski definition) is 0. The van der Waals surface area contributed by atoms with Gasteiger partial charge in [0, 0.05) is 6.54 Å². The second-order valence-electron chi connectivity index (χ2n) is 4.80. The summed E-state index contributed by atoms with van der Waals surface area (Å²) in [5.41, 5.74) is 1.20. The smallest absolute Gasteiger partial charge is 0.339 e. The molecule has 0 aliphatic carbocycles. The molecule has 5 nitrogen and oxygen atoms in total. The lowest BCUT2D eigenvalue weighted by molar-refractivity contribution is 0.0281. The van der Waals surface area contributed by atoms with Crippen LogP contribution in [0.2, 0.25) is 0 Å². The summed E-state index contributed by atoms with van der Waals surface area (Å²) in [6.07, 6.45) is 0.177. The van der Waals surface area contributed by atoms with Gasteiger partial charge >= 0.3 is 5.97 Å². The molecule has 1 aliphatic heterocycles. The fourth-order valence-corrected chi connectivity index (χ4v) is 2.29. The van der Waals surface area contributed by atoms with Crippen LogP contribution in [0.4, 0.5) is 5.82 Å². The molecular formula is C14H20N2O3. The number of rotatable bonds is 2. The van der Waals surface area contributed by atoms with Crippen LogP contribution in [0.25, 0.3) is 0 Å². The van der Waals surface area contributed by atoms with Gasteiger partial charge in [-0.25, -0.2) is 9.78 Å². The molecule has 2 rings (SSSR count). The molecule has 2 unspecified atom stereocenters. The minimum Gasteiger partial charge on any atom is -0.465 e. The Morgan fingerprint density at radius 1 is 1.47 bits per heavy atom. The van der Waals surface area contributed by atoms with E-state index in [4.69, 9.17) is 9.47 Å². The van der Waals surface area contributed by atoms with Crippen molar-refractivity contribution in [3.05, 3.63) is 23.4 Å². The zero-order chi connectivity index (χ0) is 14.0. The van der Waals surface area contributed by atoms with Gasteiger partial charge in [0.2, 0.25) is 0 Å². The monoisotopic (exact) mass is 264 g/mol. The van der Waals surface area contributed by atoms with E-state index in [0.29, 0.717) is 17.9 Å². The van der Waals surface area contributed by atoms with E-state index in [0.717, 1.165) is 12.4 Å². The highest BCUT2D eigenvalue weighted by molar-refractivity contribution is 5.90. The SMILES string of the molecule is COC(=O)c1ccc(N2CCOC(C)C2C)nc1C. The molecular weight excluding hydrogens is 244 g/mol. The molecule has 1 aromatic heterocycles. The van der Waals surface area contributed by atoms with E-state index in [1.54, 1.807) is 6.07 Å². The number of methoxy groups -OCH3 is 1. The van der Waals surface area contributed by atoms with Crippen LogP contribution in [0.1, 0.15) is 29.9 Å². The van der Waals surface area contributed by atoms with Crippen LogP contribution in [-0.2, 0) is 9.47 Å². The molecule has 2 atom stereocenters. The number of ether oxygens (including phenoxy) is 2. The summed E-state index contributed by atoms with van der Waals surface area (Å²) in [6, 6.07) is 3.91. The Balaban J connectivity index is 2.26. The number of hydrogen-bond acceptors (Lipinski definition) is 5. The van der Waals surface area contributed by atoms with Crippen molar-refractivity contribution in [1.82, 2.24) is 4.98 Å². The number of aryl methyl sites for hydroxylation is 1. The van der Waals surface area contributed by atoms with Crippen molar-refractivity contribution in [1.29, 1.82) is 0 Å². The lowest BCUT2D eigenvalue weighted by Gasteiger charge is -2.38. The predicted octanol–water partition coefficient (Wildman–Crippen LogP) is 1.79. The van der Waals surface area contributed by atoms with Gasteiger partial charge in [0.1, 0.15) is 5.82 Å². The zero-order valence-corrected chi connectivity index (χ0v) is 11.8. The van der Waals surface area contributed by atoms with Crippen molar-refractivity contribution in [2.75, 3.05) is 25.2 Å². The van der Waals surface area contributed by atoms with E-state index in [1.807, 2.05) is 13.0 Å². The van der Waals surface area contributed by atoms with Gasteiger partial charge in [-0.15, -0.1) is 0 Å². The fourth-order valence-electron chi connectivity index (χ4n) is 2.29. The first-order chi connectivity index (χ1) is 9.04. The van der Waals surface area contributed by atoms with Gasteiger partial charge in [-0.2, -0.15) is 0 Å². The summed E-state index contributed by atoms with van der Waals surface area (Å²) in [7, 11) is 1.38. The van der Waals surface area contributed by atoms with Crippen LogP contribution in [0.3, 0.4) is 0 Å². The number of pyridine rings is 1. The second-order valence-corrected chi connectivity index (χ2v) is 4.80. The van der Waals surface area contributed by atoms with Crippen LogP contribution in [0, 0.1) is 6.92 Å². The molecule has 0 amide bonds. The van der Waals surface area contributed by atoms with Crippen LogP contribution in [0.15, 0.2) is 12.1 Å². The summed E-state index contributed by atoms with van der Waals surface area (Å²) in [6.45, 7) is 7.52. The van der Waals surface area contributed by atoms with Crippen LogP contribution < -0.4 is 4.90 Å². The molecule has 19 heavy (non-hydrogen) atoms. The predicted molar refractivity (Wildman–Crippen MR) is 72.5 cm³/mol. The molecule has 1 aliphatic rings. The maximum atomic E-state index is 11.5. The van der Waals surface area contributed by atoms with Crippen molar-refractivity contribution in [2.24, 2.45) is 0 Å². The van der Waals surface area contributed by atoms with Gasteiger partial charge < -0.3 is 14.4 Å². The minimum absolute atomic E-state index is 0.177. The summed E-state index contributed by atoms with van der Waals surface area (Å²) < 4.78 is 10.3. The quantitative estimate of drug-likeness (QED) is 0.762. The summed E-state index contributed by atoms with van der Waals surface area (Å²) in [5, 5.41) is 0. The third kappa shape index (κ3) is 2.71. The number of esters is 1. The molecule has 1 fully saturated rings. The van der Waals surface area contributed by atoms with Crippen LogP contribution in [0.5, 0.6) is 0 Å². The van der Waals surface area contributed by atoms with Crippen LogP contribution >= 0.6 is 0 Å². The molecule has 0 saturated carbocycles. The standard InChI is InChI=1S/C14H20N2O3/c1-9-12(14(17)18-4)5-6-13(15-9)16-7-8-19-11(3)10(16)2/h5-6,10-11H,7-8H2,1-4H3. The summed E-state index contributed by atoms with van der Waals surface area (Å²) >= 11 is 0. The van der Waals surface area contributed by atoms with E-state index < -0.39 is 0 Å². The fraction of sp³-hybridized carbons (Fsp3) is 0.571. The zero-order valence-electron chi connectivity index (χ0n) is 11.8. The number of aromatic nitrogens is 1. The van der Waals surface area contributed by atoms with E-state index in [-0.39, 0.29) is 18.1 Å². The highest BCUT2D eigenvalue weighted by atomic mass is 16.5. The number of anilines is 1. The maximum absolute atomic E-state index is 11.5. The molecule has 104 valence electrons. The van der Waals surface area contributed by atoms with Gasteiger partial charge in [-0.1, -0.05) is 0 Å². The highest BCUT2D eigenvalue weighted by Crippen LogP contribution is 2.22. The molecule has 0 N–H and O–H groups in total. The largest absolute Gasteiger partial charge is 0.465 e. The van der Waals surface area contributed by atoms with Crippen LogP contribution in [-0.4, -0.2) is 43.4 Å². The van der Waals surface area contributed by atoms with E-state index in [1.165, 1.54) is 7.11 Å². The molecule has 5 heteroatoms. The maximum Gasteiger partial charge on any atom is 0.339 e. The Labute approximate surface area is 113 Å². The Bertz CT molecular complexity index is 476. The average Bonchev–Trinajstić information content (AvgIpc) is 2.41. The summed E-state index contributed by atoms with van der Waals surface area (Å²) in [4.78, 5) is 18.3. The van der Waals surface area contributed by atoms with Gasteiger partial charge in [-0.3, -0.25) is 0 Å². The number of nitrogens with zero attached hydrogens (tertiary/aromatic N) is 2. The summed E-state index contributed by atoms with van der Waals surface area (Å²) in [5.74, 6) is 0.535. The second kappa shape index (κ2) is 5.57. The number of carbonyl (C=O) groups excluding carboxylic acids is 1. The molecule has 1 saturated heterocycles. The molecule has 0 bridgehead atoms. The number of morpholine rings is 1. The van der Waals surface area contributed by atoms with Gasteiger partial charge in [0.05, 0.1) is 37.1 Å². The van der Waals surface area contributed by atoms with Crippen molar-refractivity contribution in [2.45, 2.75) is 32.9 Å². The Hall–Kier alpha value is -1.62. The van der Waals surface area contributed by atoms with Gasteiger partial charge in [-0.05, 0) is 32.9 Å². The molecule has 0 spiro atoms. The van der Waals surface area contributed by atoms with Crippen molar-refractivity contribution in [3.63, 3.8) is 0 Å². The minimum atomic E-state index is -0.347. The van der Waals surface area contributed by atoms with E-state index in [2.05, 4.69) is 23.7 Å². The number of carbonyl (C=O) groups is 1. The van der Waals surface area contributed by atoms with E-state index >= 15 is 0 Å². The normalized spacial score (nSPS) is 23.3. The van der Waals surface area contributed by atoms with Gasteiger partial charge in [0.15, 0.2) is 0 Å². The Kier molecular flexibility index (Phi) is 4.04. The third-order valence-electron chi connectivity index (χ3n) is 3.65. The highest BCUT2D eigenvalue weighted by Gasteiger charge is 2.26. The third-order valence-corrected chi connectivity index (χ3v) is 3.65. The van der Waals surface area contributed by atoms with E-state index in [9.17, 15) is 4.79 Å². The molecule has 1 aromatic rings. The van der Waals surface area contributed by atoms with Gasteiger partial charge in [0.25, 0.3) is 0 Å². The van der Waals surface area contributed by atoms with Crippen molar-refractivity contribution < 1.29 is 14.3 Å². The molecule has 0 aromatic carbocycles. The van der Waals surface area contributed by atoms with Crippen molar-refractivity contribution >= 4 is 11.8 Å². The Morgan fingerprint density at radius 2 is 2.21 bits per heavy atom. The first kappa shape index (κ1) is 13.8. The lowest BCUT2D eigenvalue weighted by atomic mass is 10.1. The van der Waals surface area contributed by atoms with Crippen molar-refractivity contribution in [3.8, 4) is 0 Å². The first-order valence-electron chi connectivity index (χ1n) is 6.48. The lowest BCUT2D eigenvalue weighted by Crippen LogP contribution is -2.49. The molecule has 2 heterocycles. The Morgan fingerprint density at radius 3 is 2.84 bits per heavy atom. The average molecular weight is 264 g/mol. The first-order valence-corrected chi connectivity index (χ1v) is 6.48. The molecule has 0 radical (unpaired) electrons.